The van der Waals surface area contributed by atoms with Gasteiger partial charge in [-0.2, -0.15) is 5.21 Å². The molecular weight excluding hydrogens is 154 g/mol. The number of nitrogens with zero attached hydrogens (tertiary/aromatic N) is 3. The Labute approximate surface area is 71.9 Å². The van der Waals surface area contributed by atoms with E-state index in [0.29, 0.717) is 5.82 Å². The van der Waals surface area contributed by atoms with E-state index in [4.69, 9.17) is 0 Å². The highest BCUT2D eigenvalue weighted by Gasteiger charge is 2.27. The highest BCUT2D eigenvalue weighted by molar-refractivity contribution is 4.95. The number of hydrogen-bond donors (Lipinski definition) is 2. The third-order valence-corrected chi connectivity index (χ3v) is 1.77. The van der Waals surface area contributed by atoms with Gasteiger partial charge in [-0.1, -0.05) is 26.0 Å². The lowest BCUT2D eigenvalue weighted by molar-refractivity contribution is 0.276. The number of nitrogens with one attached hydrogen (secondary N) is 2. The van der Waals surface area contributed by atoms with E-state index in [2.05, 4.69) is 46.7 Å². The van der Waals surface area contributed by atoms with Crippen molar-refractivity contribution in [1.82, 2.24) is 25.9 Å². The van der Waals surface area contributed by atoms with Gasteiger partial charge >= 0.3 is 0 Å². The van der Waals surface area contributed by atoms with Crippen LogP contribution in [0, 0.1) is 5.41 Å². The molecule has 0 fully saturated rings. The summed E-state index contributed by atoms with van der Waals surface area (Å²) in [4.78, 5) is 0. The summed E-state index contributed by atoms with van der Waals surface area (Å²) in [5.74, 6) is 0.713. The van der Waals surface area contributed by atoms with Crippen molar-refractivity contribution in [3.05, 3.63) is 5.82 Å². The maximum atomic E-state index is 3.94. The molecule has 1 atom stereocenters. The molecule has 0 saturated carbocycles. The zero-order valence-corrected chi connectivity index (χ0v) is 7.92. The third kappa shape index (κ3) is 1.79. The van der Waals surface area contributed by atoms with Crippen molar-refractivity contribution in [2.24, 2.45) is 5.41 Å². The number of H-pyrrole nitrogens is 1. The van der Waals surface area contributed by atoms with Crippen LogP contribution in [0.3, 0.4) is 0 Å². The number of rotatable bonds is 2. The molecule has 0 radical (unpaired) electrons. The fourth-order valence-electron chi connectivity index (χ4n) is 1.24. The van der Waals surface area contributed by atoms with Crippen LogP contribution in [0.1, 0.15) is 32.6 Å². The van der Waals surface area contributed by atoms with E-state index in [-0.39, 0.29) is 11.5 Å². The van der Waals surface area contributed by atoms with E-state index >= 15 is 0 Å². The second-order valence-electron chi connectivity index (χ2n) is 3.86. The summed E-state index contributed by atoms with van der Waals surface area (Å²) in [5.41, 5.74) is 0.0959. The van der Waals surface area contributed by atoms with Crippen LogP contribution in [0.15, 0.2) is 0 Å². The molecule has 0 aliphatic heterocycles. The fourth-order valence-corrected chi connectivity index (χ4v) is 1.24. The smallest absolute Gasteiger partial charge is 0.191 e. The molecule has 1 aromatic heterocycles. The van der Waals surface area contributed by atoms with Gasteiger partial charge in [0.05, 0.1) is 6.04 Å². The normalized spacial score (nSPS) is 14.7. The highest BCUT2D eigenvalue weighted by Crippen LogP contribution is 2.29. The molecule has 1 aromatic rings. The topological polar surface area (TPSA) is 66.5 Å². The molecule has 1 heterocycles. The quantitative estimate of drug-likeness (QED) is 0.676. The van der Waals surface area contributed by atoms with Crippen LogP contribution in [0.4, 0.5) is 0 Å². The van der Waals surface area contributed by atoms with Gasteiger partial charge in [-0.05, 0) is 12.5 Å². The molecule has 68 valence electrons. The molecule has 5 heteroatoms. The molecule has 2 N–H and O–H groups in total. The molecule has 0 saturated heterocycles. The minimum atomic E-state index is 0.0959. The van der Waals surface area contributed by atoms with Crippen LogP contribution < -0.4 is 5.32 Å². The molecule has 0 aromatic carbocycles. The molecule has 0 amide bonds. The standard InChI is InChI=1S/C7H15N5/c1-7(2,3)5(8-4)6-9-11-12-10-6/h5,8H,1-4H3,(H,9,10,11,12)/t5-/m1/s1. The maximum absolute atomic E-state index is 3.94. The van der Waals surface area contributed by atoms with E-state index < -0.39 is 0 Å². The fraction of sp³-hybridized carbons (Fsp3) is 0.857. The zero-order valence-electron chi connectivity index (χ0n) is 7.92. The predicted octanol–water partition coefficient (Wildman–Crippen LogP) is 0.506. The Kier molecular flexibility index (Phi) is 2.42. The van der Waals surface area contributed by atoms with Crippen molar-refractivity contribution in [3.63, 3.8) is 0 Å². The Hall–Kier alpha value is -0.970. The summed E-state index contributed by atoms with van der Waals surface area (Å²) >= 11 is 0. The largest absolute Gasteiger partial charge is 0.310 e. The molecule has 0 unspecified atom stereocenters. The Morgan fingerprint density at radius 2 is 2.08 bits per heavy atom. The van der Waals surface area contributed by atoms with Gasteiger partial charge in [0.2, 0.25) is 0 Å². The lowest BCUT2D eigenvalue weighted by Gasteiger charge is -2.27. The summed E-state index contributed by atoms with van der Waals surface area (Å²) < 4.78 is 0. The molecule has 0 bridgehead atoms. The Balaban J connectivity index is 2.84. The molecule has 0 spiro atoms. The molecular formula is C7H15N5. The summed E-state index contributed by atoms with van der Waals surface area (Å²) in [6, 6.07) is 0.135. The van der Waals surface area contributed by atoms with Crippen molar-refractivity contribution in [1.29, 1.82) is 0 Å². The van der Waals surface area contributed by atoms with Gasteiger partial charge in [-0.15, -0.1) is 10.2 Å². The monoisotopic (exact) mass is 169 g/mol. The van der Waals surface area contributed by atoms with Gasteiger partial charge in [-0.3, -0.25) is 0 Å². The Morgan fingerprint density at radius 1 is 1.42 bits per heavy atom. The van der Waals surface area contributed by atoms with Gasteiger partial charge < -0.3 is 5.32 Å². The van der Waals surface area contributed by atoms with Crippen molar-refractivity contribution in [3.8, 4) is 0 Å². The minimum Gasteiger partial charge on any atom is -0.310 e. The van der Waals surface area contributed by atoms with Crippen LogP contribution in [0.5, 0.6) is 0 Å². The third-order valence-electron chi connectivity index (χ3n) is 1.77. The second-order valence-corrected chi connectivity index (χ2v) is 3.86. The van der Waals surface area contributed by atoms with E-state index in [1.807, 2.05) is 7.05 Å². The maximum Gasteiger partial charge on any atom is 0.191 e. The predicted molar refractivity (Wildman–Crippen MR) is 45.4 cm³/mol. The average molecular weight is 169 g/mol. The highest BCUT2D eigenvalue weighted by atomic mass is 15.5. The number of tetrazole rings is 1. The van der Waals surface area contributed by atoms with Gasteiger partial charge in [-0.25, -0.2) is 0 Å². The van der Waals surface area contributed by atoms with E-state index in [0.717, 1.165) is 0 Å². The van der Waals surface area contributed by atoms with E-state index in [1.165, 1.54) is 0 Å². The first kappa shape index (κ1) is 9.12. The Morgan fingerprint density at radius 3 is 2.42 bits per heavy atom. The summed E-state index contributed by atoms with van der Waals surface area (Å²) in [5, 5.41) is 17.0. The van der Waals surface area contributed by atoms with Crippen molar-refractivity contribution < 1.29 is 0 Å². The SMILES string of the molecule is CN[C@H](c1nn[nH]n1)C(C)(C)C. The van der Waals surface area contributed by atoms with Gasteiger partial charge in [0.25, 0.3) is 0 Å². The van der Waals surface area contributed by atoms with E-state index in [1.54, 1.807) is 0 Å². The lowest BCUT2D eigenvalue weighted by Crippen LogP contribution is -2.30. The first-order valence-electron chi connectivity index (χ1n) is 3.96. The number of hydrogen-bond acceptors (Lipinski definition) is 4. The van der Waals surface area contributed by atoms with Gasteiger partial charge in [0, 0.05) is 0 Å². The average Bonchev–Trinajstić information content (AvgIpc) is 2.38. The molecule has 0 aliphatic rings. The van der Waals surface area contributed by atoms with Crippen LogP contribution in [0.2, 0.25) is 0 Å². The molecule has 5 nitrogen and oxygen atoms in total. The summed E-state index contributed by atoms with van der Waals surface area (Å²) in [7, 11) is 1.90. The van der Waals surface area contributed by atoms with Crippen molar-refractivity contribution in [2.45, 2.75) is 26.8 Å². The van der Waals surface area contributed by atoms with Gasteiger partial charge in [0.1, 0.15) is 0 Å². The molecule has 0 aliphatic carbocycles. The summed E-state index contributed by atoms with van der Waals surface area (Å²) in [6.45, 7) is 6.39. The van der Waals surface area contributed by atoms with Crippen LogP contribution in [-0.4, -0.2) is 27.7 Å². The number of aromatic nitrogens is 4. The zero-order chi connectivity index (χ0) is 9.19. The minimum absolute atomic E-state index is 0.0959. The number of aromatic amines is 1. The van der Waals surface area contributed by atoms with Crippen LogP contribution >= 0.6 is 0 Å². The Bertz CT molecular complexity index is 222. The van der Waals surface area contributed by atoms with Gasteiger partial charge in [0.15, 0.2) is 5.82 Å². The van der Waals surface area contributed by atoms with Crippen molar-refractivity contribution in [2.75, 3.05) is 7.05 Å². The van der Waals surface area contributed by atoms with Crippen LogP contribution in [0.25, 0.3) is 0 Å². The first-order chi connectivity index (χ1) is 5.55. The van der Waals surface area contributed by atoms with Crippen molar-refractivity contribution >= 4 is 0 Å². The second kappa shape index (κ2) is 3.18. The summed E-state index contributed by atoms with van der Waals surface area (Å²) in [6.07, 6.45) is 0. The first-order valence-corrected chi connectivity index (χ1v) is 3.96. The lowest BCUT2D eigenvalue weighted by atomic mass is 9.86. The van der Waals surface area contributed by atoms with Crippen LogP contribution in [-0.2, 0) is 0 Å². The van der Waals surface area contributed by atoms with E-state index in [9.17, 15) is 0 Å². The molecule has 1 rings (SSSR count). The molecule has 12 heavy (non-hydrogen) atoms.